The van der Waals surface area contributed by atoms with Crippen molar-refractivity contribution in [1.82, 2.24) is 0 Å². The molecule has 12 heteroatoms. The zero-order valence-corrected chi connectivity index (χ0v) is 18.9. The molecule has 0 saturated carbocycles. The van der Waals surface area contributed by atoms with Crippen molar-refractivity contribution in [1.29, 1.82) is 0 Å². The second kappa shape index (κ2) is 10.7. The van der Waals surface area contributed by atoms with Gasteiger partial charge in [-0.2, -0.15) is 0 Å². The quantitative estimate of drug-likeness (QED) is 0.184. The standard InChI is InChI=1S/C24H22O12/c1-35-16-11-14(12-17(36-2)20(16)28)6-10-19(27)24(34,22(31)32)23(33,21(29)30)18(26)9-5-13-3-7-15(25)8-4-13/h3-12,25,28,33-34H,1-2H3,(H,29,30)(H,31,32)/b9-5+,10-6+. The van der Waals surface area contributed by atoms with Gasteiger partial charge in [-0.15, -0.1) is 0 Å². The third-order valence-corrected chi connectivity index (χ3v) is 5.11. The van der Waals surface area contributed by atoms with Crippen molar-refractivity contribution in [2.75, 3.05) is 14.2 Å². The lowest BCUT2D eigenvalue weighted by atomic mass is 9.76. The van der Waals surface area contributed by atoms with Crippen LogP contribution < -0.4 is 9.47 Å². The number of carbonyl (C=O) groups is 4. The summed E-state index contributed by atoms with van der Waals surface area (Å²) in [6.45, 7) is 0. The van der Waals surface area contributed by atoms with Gasteiger partial charge in [0.25, 0.3) is 11.2 Å². The SMILES string of the molecule is COc1cc(/C=C/C(=O)C(O)(C(=O)O)C(O)(C(=O)O)C(=O)/C=C/c2ccc(O)cc2)cc(OC)c1O. The van der Waals surface area contributed by atoms with Gasteiger partial charge in [0.05, 0.1) is 14.2 Å². The molecule has 6 N–H and O–H groups in total. The molecule has 0 heterocycles. The summed E-state index contributed by atoms with van der Waals surface area (Å²) in [5.74, 6) is -9.34. The molecule has 36 heavy (non-hydrogen) atoms. The molecule has 0 aromatic heterocycles. The Morgan fingerprint density at radius 2 is 1.11 bits per heavy atom. The molecule has 190 valence electrons. The van der Waals surface area contributed by atoms with Gasteiger partial charge in [-0.3, -0.25) is 9.59 Å². The summed E-state index contributed by atoms with van der Waals surface area (Å²) in [6, 6.07) is 7.52. The van der Waals surface area contributed by atoms with Crippen LogP contribution in [0.2, 0.25) is 0 Å². The van der Waals surface area contributed by atoms with E-state index >= 15 is 0 Å². The number of carboxylic acid groups (broad SMARTS) is 2. The van der Waals surface area contributed by atoms with Crippen molar-refractivity contribution >= 4 is 35.7 Å². The van der Waals surface area contributed by atoms with E-state index in [0.29, 0.717) is 12.2 Å². The first kappa shape index (κ1) is 27.6. The van der Waals surface area contributed by atoms with Crippen LogP contribution in [0.25, 0.3) is 12.2 Å². The number of benzene rings is 2. The zero-order chi connectivity index (χ0) is 27.3. The second-order valence-corrected chi connectivity index (χ2v) is 7.29. The Morgan fingerprint density at radius 3 is 1.47 bits per heavy atom. The number of phenols is 2. The molecule has 2 atom stereocenters. The van der Waals surface area contributed by atoms with E-state index in [1.165, 1.54) is 50.6 Å². The summed E-state index contributed by atoms with van der Waals surface area (Å²) in [6.07, 6.45) is 2.80. The minimum absolute atomic E-state index is 0.0833. The van der Waals surface area contributed by atoms with E-state index in [2.05, 4.69) is 0 Å². The topological polar surface area (TPSA) is 208 Å². The highest BCUT2D eigenvalue weighted by Crippen LogP contribution is 2.37. The number of aromatic hydroxyl groups is 2. The number of hydrogen-bond acceptors (Lipinski definition) is 10. The molecule has 0 spiro atoms. The number of methoxy groups -OCH3 is 2. The highest BCUT2D eigenvalue weighted by Gasteiger charge is 2.68. The number of carbonyl (C=O) groups excluding carboxylic acids is 2. The summed E-state index contributed by atoms with van der Waals surface area (Å²) < 4.78 is 9.90. The predicted molar refractivity (Wildman–Crippen MR) is 123 cm³/mol. The van der Waals surface area contributed by atoms with E-state index in [0.717, 1.165) is 12.2 Å². The van der Waals surface area contributed by atoms with Crippen LogP contribution in [0.5, 0.6) is 23.0 Å². The summed E-state index contributed by atoms with van der Waals surface area (Å²) >= 11 is 0. The molecule has 2 aromatic rings. The molecule has 2 unspecified atom stereocenters. The van der Waals surface area contributed by atoms with Crippen LogP contribution in [0.1, 0.15) is 11.1 Å². The molecule has 2 aromatic carbocycles. The van der Waals surface area contributed by atoms with Gasteiger partial charge in [-0.05, 0) is 47.5 Å². The van der Waals surface area contributed by atoms with Crippen LogP contribution in [0.4, 0.5) is 0 Å². The lowest BCUT2D eigenvalue weighted by Crippen LogP contribution is -2.71. The van der Waals surface area contributed by atoms with Crippen LogP contribution in [-0.2, 0) is 19.2 Å². The number of hydrogen-bond donors (Lipinski definition) is 6. The first-order chi connectivity index (χ1) is 16.8. The number of phenolic OH excluding ortho intramolecular Hbond substituents is 2. The summed E-state index contributed by atoms with van der Waals surface area (Å²) in [5, 5.41) is 59.6. The minimum Gasteiger partial charge on any atom is -0.508 e. The number of ether oxygens (including phenoxy) is 2. The van der Waals surface area contributed by atoms with E-state index in [1.807, 2.05) is 0 Å². The Kier molecular flexibility index (Phi) is 8.20. The number of ketones is 2. The molecule has 0 fully saturated rings. The third-order valence-electron chi connectivity index (χ3n) is 5.11. The maximum absolute atomic E-state index is 12.8. The first-order valence-electron chi connectivity index (χ1n) is 9.93. The Morgan fingerprint density at radius 1 is 0.722 bits per heavy atom. The maximum Gasteiger partial charge on any atom is 0.348 e. The van der Waals surface area contributed by atoms with Gasteiger partial charge in [0, 0.05) is 0 Å². The van der Waals surface area contributed by atoms with Crippen molar-refractivity contribution in [2.24, 2.45) is 0 Å². The van der Waals surface area contributed by atoms with Crippen LogP contribution in [0.3, 0.4) is 0 Å². The third kappa shape index (κ3) is 5.04. The molecule has 0 bridgehead atoms. The Balaban J connectivity index is 2.51. The molecule has 0 amide bonds. The van der Waals surface area contributed by atoms with Gasteiger partial charge >= 0.3 is 11.9 Å². The fourth-order valence-electron chi connectivity index (χ4n) is 3.06. The summed E-state index contributed by atoms with van der Waals surface area (Å²) in [4.78, 5) is 49.2. The Labute approximate surface area is 203 Å². The second-order valence-electron chi connectivity index (χ2n) is 7.29. The molecule has 0 aliphatic rings. The van der Waals surface area contributed by atoms with Gasteiger partial charge in [0.2, 0.25) is 17.3 Å². The Bertz CT molecular complexity index is 1220. The lowest BCUT2D eigenvalue weighted by Gasteiger charge is -2.33. The molecule has 0 aliphatic heterocycles. The lowest BCUT2D eigenvalue weighted by molar-refractivity contribution is -0.204. The van der Waals surface area contributed by atoms with Gasteiger partial charge in [-0.25, -0.2) is 9.59 Å². The number of carboxylic acids is 2. The molecule has 12 nitrogen and oxygen atoms in total. The Hall–Kier alpha value is -4.68. The van der Waals surface area contributed by atoms with Crippen molar-refractivity contribution in [3.8, 4) is 23.0 Å². The van der Waals surface area contributed by atoms with Gasteiger partial charge in [0.15, 0.2) is 11.5 Å². The van der Waals surface area contributed by atoms with Crippen LogP contribution >= 0.6 is 0 Å². The smallest absolute Gasteiger partial charge is 0.348 e. The van der Waals surface area contributed by atoms with Crippen molar-refractivity contribution in [2.45, 2.75) is 11.2 Å². The molecule has 0 radical (unpaired) electrons. The minimum atomic E-state index is -4.14. The monoisotopic (exact) mass is 502 g/mol. The van der Waals surface area contributed by atoms with Crippen molar-refractivity contribution in [3.05, 3.63) is 59.7 Å². The maximum atomic E-state index is 12.8. The predicted octanol–water partition coefficient (Wildman–Crippen LogP) is 0.611. The molecule has 2 rings (SSSR count). The number of aliphatic hydroxyl groups is 2. The summed E-state index contributed by atoms with van der Waals surface area (Å²) in [7, 11) is 2.45. The van der Waals surface area contributed by atoms with Crippen molar-refractivity contribution < 1.29 is 59.3 Å². The van der Waals surface area contributed by atoms with E-state index < -0.39 is 34.7 Å². The van der Waals surface area contributed by atoms with Crippen molar-refractivity contribution in [3.63, 3.8) is 0 Å². The number of aliphatic carboxylic acids is 2. The average Bonchev–Trinajstić information content (AvgIpc) is 2.85. The highest BCUT2D eigenvalue weighted by atomic mass is 16.5. The van der Waals surface area contributed by atoms with Crippen LogP contribution in [0.15, 0.2) is 48.6 Å². The summed E-state index contributed by atoms with van der Waals surface area (Å²) in [5.41, 5.74) is -7.94. The first-order valence-corrected chi connectivity index (χ1v) is 9.93. The molecule has 0 aliphatic carbocycles. The van der Waals surface area contributed by atoms with Gasteiger partial charge < -0.3 is 40.1 Å². The van der Waals surface area contributed by atoms with E-state index in [-0.39, 0.29) is 34.1 Å². The molecule has 0 saturated heterocycles. The van der Waals surface area contributed by atoms with Crippen LogP contribution in [-0.4, -0.2) is 79.6 Å². The molecular formula is C24H22O12. The zero-order valence-electron chi connectivity index (χ0n) is 18.9. The van der Waals surface area contributed by atoms with Gasteiger partial charge in [0.1, 0.15) is 5.75 Å². The average molecular weight is 502 g/mol. The molecular weight excluding hydrogens is 480 g/mol. The normalized spacial score (nSPS) is 14.7. The van der Waals surface area contributed by atoms with Gasteiger partial charge in [-0.1, -0.05) is 24.3 Å². The van der Waals surface area contributed by atoms with Crippen LogP contribution in [0, 0.1) is 0 Å². The number of rotatable bonds is 11. The van der Waals surface area contributed by atoms with E-state index in [1.54, 1.807) is 0 Å². The fraction of sp³-hybridized carbons (Fsp3) is 0.167. The fourth-order valence-corrected chi connectivity index (χ4v) is 3.06. The highest BCUT2D eigenvalue weighted by molar-refractivity contribution is 6.27. The largest absolute Gasteiger partial charge is 0.508 e. The van der Waals surface area contributed by atoms with E-state index in [4.69, 9.17) is 9.47 Å². The van der Waals surface area contributed by atoms with E-state index in [9.17, 15) is 49.8 Å².